The summed E-state index contributed by atoms with van der Waals surface area (Å²) in [6.07, 6.45) is -6.60. The third kappa shape index (κ3) is 9.63. The molecule has 1 N–H and O–H groups in total. The number of hydrogen-bond donors (Lipinski definition) is 1. The molecule has 1 aliphatic rings. The molecule has 1 fully saturated rings. The maximum absolute atomic E-state index is 13.3. The number of amides is 1. The van der Waals surface area contributed by atoms with Gasteiger partial charge in [-0.2, -0.15) is 13.2 Å². The van der Waals surface area contributed by atoms with Crippen molar-refractivity contribution in [2.45, 2.75) is 58.5 Å². The Hall–Kier alpha value is -3.13. The number of nitrogens with one attached hydrogen (secondary N) is 1. The van der Waals surface area contributed by atoms with Crippen LogP contribution >= 0.6 is 0 Å². The van der Waals surface area contributed by atoms with E-state index in [9.17, 15) is 27.6 Å². The monoisotopic (exact) mass is 550 g/mol. The number of pyridine rings is 1. The predicted octanol–water partition coefficient (Wildman–Crippen LogP) is 2.66. The number of methoxy groups -OCH3 is 1. The first kappa shape index (κ1) is 31.1. The first-order chi connectivity index (χ1) is 17.8. The molecule has 1 saturated heterocycles. The molecule has 0 aliphatic carbocycles. The second-order valence-corrected chi connectivity index (χ2v) is 9.07. The lowest BCUT2D eigenvalue weighted by molar-refractivity contribution is -0.178. The van der Waals surface area contributed by atoms with Crippen molar-refractivity contribution in [3.05, 3.63) is 18.0 Å². The quantitative estimate of drug-likeness (QED) is 0.343. The van der Waals surface area contributed by atoms with E-state index in [0.717, 1.165) is 0 Å². The minimum absolute atomic E-state index is 0.0256. The summed E-state index contributed by atoms with van der Waals surface area (Å²) < 4.78 is 71.7. The summed E-state index contributed by atoms with van der Waals surface area (Å²) in [5, 5.41) is 2.41. The van der Waals surface area contributed by atoms with Gasteiger partial charge in [0.2, 0.25) is 6.79 Å². The SMILES string of the molecule is COc1ccnc(C(=O)NC2COCC(CC(F)(F)F)C(OCC(C)C)C(C)OC2=O)c1OCOC(C)=O. The molecule has 0 radical (unpaired) electrons. The number of nitrogens with zero attached hydrogens (tertiary/aromatic N) is 1. The Morgan fingerprint density at radius 3 is 2.58 bits per heavy atom. The van der Waals surface area contributed by atoms with Crippen LogP contribution in [0.15, 0.2) is 12.3 Å². The van der Waals surface area contributed by atoms with Crippen molar-refractivity contribution in [1.29, 1.82) is 0 Å². The number of carbonyl (C=O) groups is 3. The molecule has 38 heavy (non-hydrogen) atoms. The smallest absolute Gasteiger partial charge is 0.389 e. The van der Waals surface area contributed by atoms with E-state index in [1.165, 1.54) is 33.2 Å². The van der Waals surface area contributed by atoms with Crippen molar-refractivity contribution in [3.63, 3.8) is 0 Å². The Labute approximate surface area is 218 Å². The van der Waals surface area contributed by atoms with Gasteiger partial charge in [-0.15, -0.1) is 0 Å². The van der Waals surface area contributed by atoms with Gasteiger partial charge < -0.3 is 33.7 Å². The third-order valence-electron chi connectivity index (χ3n) is 5.32. The number of rotatable bonds is 10. The van der Waals surface area contributed by atoms with Gasteiger partial charge in [0.1, 0.15) is 6.10 Å². The van der Waals surface area contributed by atoms with Crippen molar-refractivity contribution in [2.75, 3.05) is 33.7 Å². The minimum Gasteiger partial charge on any atom is -0.493 e. The van der Waals surface area contributed by atoms with Gasteiger partial charge in [-0.05, 0) is 12.8 Å². The lowest BCUT2D eigenvalue weighted by Crippen LogP contribution is -2.46. The number of halogens is 3. The second kappa shape index (κ2) is 14.1. The van der Waals surface area contributed by atoms with E-state index in [1.54, 1.807) is 0 Å². The Morgan fingerprint density at radius 2 is 1.97 bits per heavy atom. The van der Waals surface area contributed by atoms with Crippen LogP contribution in [0.5, 0.6) is 11.5 Å². The van der Waals surface area contributed by atoms with Crippen molar-refractivity contribution in [3.8, 4) is 11.5 Å². The molecular formula is C24H33F3N2O9. The summed E-state index contributed by atoms with van der Waals surface area (Å²) in [5.41, 5.74) is -0.301. The number of aromatic nitrogens is 1. The predicted molar refractivity (Wildman–Crippen MR) is 124 cm³/mol. The maximum Gasteiger partial charge on any atom is 0.389 e. The van der Waals surface area contributed by atoms with Crippen LogP contribution < -0.4 is 14.8 Å². The van der Waals surface area contributed by atoms with Gasteiger partial charge in [0.25, 0.3) is 5.91 Å². The fraction of sp³-hybridized carbons (Fsp3) is 0.667. The van der Waals surface area contributed by atoms with E-state index in [1.807, 2.05) is 13.8 Å². The molecule has 14 heteroatoms. The Morgan fingerprint density at radius 1 is 1.26 bits per heavy atom. The normalized spacial score (nSPS) is 22.5. The molecule has 4 atom stereocenters. The molecule has 0 saturated carbocycles. The van der Waals surface area contributed by atoms with Crippen molar-refractivity contribution in [1.82, 2.24) is 10.3 Å². The summed E-state index contributed by atoms with van der Waals surface area (Å²) in [5.74, 6) is -3.63. The largest absolute Gasteiger partial charge is 0.493 e. The molecule has 214 valence electrons. The Kier molecular flexibility index (Phi) is 11.6. The summed E-state index contributed by atoms with van der Waals surface area (Å²) in [6.45, 7) is 5.04. The summed E-state index contributed by atoms with van der Waals surface area (Å²) >= 11 is 0. The van der Waals surface area contributed by atoms with Gasteiger partial charge >= 0.3 is 18.1 Å². The van der Waals surface area contributed by atoms with E-state index < -0.39 is 68.0 Å². The van der Waals surface area contributed by atoms with Crippen molar-refractivity contribution in [2.24, 2.45) is 11.8 Å². The Bertz CT molecular complexity index is 959. The van der Waals surface area contributed by atoms with Crippen molar-refractivity contribution < 1.29 is 56.0 Å². The highest BCUT2D eigenvalue weighted by atomic mass is 19.4. The van der Waals surface area contributed by atoms with Gasteiger partial charge in [0, 0.05) is 31.7 Å². The fourth-order valence-corrected chi connectivity index (χ4v) is 3.65. The summed E-state index contributed by atoms with van der Waals surface area (Å²) in [7, 11) is 1.32. The van der Waals surface area contributed by atoms with Crippen LogP contribution in [0, 0.1) is 11.8 Å². The molecule has 11 nitrogen and oxygen atoms in total. The van der Waals surface area contributed by atoms with Gasteiger partial charge in [0.15, 0.2) is 23.2 Å². The lowest BCUT2D eigenvalue weighted by atomic mass is 9.95. The molecule has 4 unspecified atom stereocenters. The second-order valence-electron chi connectivity index (χ2n) is 9.07. The van der Waals surface area contributed by atoms with Gasteiger partial charge in [-0.25, -0.2) is 9.78 Å². The maximum atomic E-state index is 13.3. The van der Waals surface area contributed by atoms with E-state index in [4.69, 9.17) is 28.4 Å². The number of hydrogen-bond acceptors (Lipinski definition) is 10. The highest BCUT2D eigenvalue weighted by molar-refractivity contribution is 5.98. The first-order valence-corrected chi connectivity index (χ1v) is 11.9. The number of alkyl halides is 3. The Balaban J connectivity index is 2.24. The molecule has 2 rings (SSSR count). The number of carbonyl (C=O) groups excluding carboxylic acids is 3. The molecule has 1 aromatic rings. The van der Waals surface area contributed by atoms with Crippen molar-refractivity contribution >= 4 is 17.8 Å². The zero-order valence-corrected chi connectivity index (χ0v) is 21.8. The minimum atomic E-state index is -4.50. The lowest BCUT2D eigenvalue weighted by Gasteiger charge is -2.31. The average Bonchev–Trinajstić information content (AvgIpc) is 2.85. The standard InChI is InChI=1S/C24H33F3N2O9/c1-13(2)9-35-20-14(3)38-23(32)17(11-34-10-16(20)8-24(25,26)27)29-22(31)19-21(37-12-36-15(4)30)18(33-5)6-7-28-19/h6-7,13-14,16-17,20H,8-12H2,1-5H3,(H,29,31). The summed E-state index contributed by atoms with van der Waals surface area (Å²) in [4.78, 5) is 41.0. The van der Waals surface area contributed by atoms with E-state index in [0.29, 0.717) is 0 Å². The number of ether oxygens (including phenoxy) is 6. The molecule has 1 aromatic heterocycles. The molecular weight excluding hydrogens is 517 g/mol. The zero-order chi connectivity index (χ0) is 28.5. The van der Waals surface area contributed by atoms with Crippen LogP contribution in [-0.2, 0) is 28.5 Å². The van der Waals surface area contributed by atoms with Crippen LogP contribution in [0.25, 0.3) is 0 Å². The zero-order valence-electron chi connectivity index (χ0n) is 21.8. The molecule has 0 aromatic carbocycles. The number of esters is 2. The topological polar surface area (TPSA) is 132 Å². The summed E-state index contributed by atoms with van der Waals surface area (Å²) in [6, 6.07) is 0.0199. The fourth-order valence-electron chi connectivity index (χ4n) is 3.65. The van der Waals surface area contributed by atoms with E-state index >= 15 is 0 Å². The molecule has 2 heterocycles. The van der Waals surface area contributed by atoms with Gasteiger partial charge in [-0.1, -0.05) is 13.8 Å². The van der Waals surface area contributed by atoms with Crippen LogP contribution in [0.2, 0.25) is 0 Å². The highest BCUT2D eigenvalue weighted by Crippen LogP contribution is 2.32. The molecule has 1 aliphatic heterocycles. The van der Waals surface area contributed by atoms with Crippen LogP contribution in [0.1, 0.15) is 44.6 Å². The average molecular weight is 551 g/mol. The first-order valence-electron chi connectivity index (χ1n) is 11.9. The molecule has 0 spiro atoms. The number of cyclic esters (lactones) is 1. The molecule has 1 amide bonds. The van der Waals surface area contributed by atoms with Crippen LogP contribution in [0.4, 0.5) is 13.2 Å². The van der Waals surface area contributed by atoms with Gasteiger partial charge in [0.05, 0.1) is 32.8 Å². The van der Waals surface area contributed by atoms with Crippen LogP contribution in [-0.4, -0.2) is 81.0 Å². The van der Waals surface area contributed by atoms with E-state index in [-0.39, 0.29) is 36.3 Å². The van der Waals surface area contributed by atoms with Crippen LogP contribution in [0.3, 0.4) is 0 Å². The molecule has 0 bridgehead atoms. The van der Waals surface area contributed by atoms with E-state index in [2.05, 4.69) is 10.3 Å². The third-order valence-corrected chi connectivity index (χ3v) is 5.32. The highest BCUT2D eigenvalue weighted by Gasteiger charge is 2.41. The van der Waals surface area contributed by atoms with Gasteiger partial charge in [-0.3, -0.25) is 9.59 Å².